The standard InChI is InChI=1S/C23H24F2N2O/c1-15(2)21(25)23(3,14-16-9-5-4-6-10-16)27-22(28)20-18(24)13-17-11-7-8-12-19(17)26-20/h4-13,15,21H,14H2,1-3H3,(H,27,28). The van der Waals surface area contributed by atoms with Crippen LogP contribution in [0.15, 0.2) is 60.7 Å². The Balaban J connectivity index is 1.94. The number of aromatic nitrogens is 1. The number of alkyl halides is 1. The maximum atomic E-state index is 15.2. The fourth-order valence-electron chi connectivity index (χ4n) is 3.53. The molecule has 3 rings (SSSR count). The summed E-state index contributed by atoms with van der Waals surface area (Å²) in [5, 5.41) is 3.33. The zero-order valence-corrected chi connectivity index (χ0v) is 16.2. The third kappa shape index (κ3) is 4.19. The normalized spacial score (nSPS) is 14.6. The van der Waals surface area contributed by atoms with Crippen LogP contribution >= 0.6 is 0 Å². The van der Waals surface area contributed by atoms with Gasteiger partial charge in [-0.2, -0.15) is 0 Å². The lowest BCUT2D eigenvalue weighted by molar-refractivity contribution is 0.0749. The first-order valence-corrected chi connectivity index (χ1v) is 9.36. The first-order valence-electron chi connectivity index (χ1n) is 9.36. The minimum absolute atomic E-state index is 0.286. The van der Waals surface area contributed by atoms with E-state index in [1.54, 1.807) is 45.0 Å². The number of fused-ring (bicyclic) bond motifs is 1. The molecular weight excluding hydrogens is 358 g/mol. The molecule has 28 heavy (non-hydrogen) atoms. The van der Waals surface area contributed by atoms with Crippen LogP contribution in [0.2, 0.25) is 0 Å². The van der Waals surface area contributed by atoms with Gasteiger partial charge in [-0.05, 0) is 37.0 Å². The topological polar surface area (TPSA) is 42.0 Å². The van der Waals surface area contributed by atoms with Crippen LogP contribution in [0.3, 0.4) is 0 Å². The third-order valence-electron chi connectivity index (χ3n) is 4.90. The predicted molar refractivity (Wildman–Crippen MR) is 107 cm³/mol. The smallest absolute Gasteiger partial charge is 0.273 e. The van der Waals surface area contributed by atoms with Crippen molar-refractivity contribution in [3.63, 3.8) is 0 Å². The van der Waals surface area contributed by atoms with Crippen LogP contribution < -0.4 is 5.32 Å². The Morgan fingerprint density at radius 3 is 2.43 bits per heavy atom. The summed E-state index contributed by atoms with van der Waals surface area (Å²) in [6.45, 7) is 5.17. The predicted octanol–water partition coefficient (Wildman–Crippen LogP) is 5.10. The molecule has 3 aromatic rings. The minimum Gasteiger partial charge on any atom is -0.342 e. The minimum atomic E-state index is -1.32. The van der Waals surface area contributed by atoms with Crippen molar-refractivity contribution in [3.05, 3.63) is 77.7 Å². The summed E-state index contributed by atoms with van der Waals surface area (Å²) in [6.07, 6.45) is -1.03. The molecule has 1 N–H and O–H groups in total. The Bertz CT molecular complexity index is 975. The Morgan fingerprint density at radius 2 is 1.75 bits per heavy atom. The number of para-hydroxylation sites is 1. The van der Waals surface area contributed by atoms with E-state index in [0.717, 1.165) is 5.56 Å². The summed E-state index contributed by atoms with van der Waals surface area (Å²) in [6, 6.07) is 17.6. The number of nitrogens with zero attached hydrogens (tertiary/aromatic N) is 1. The van der Waals surface area contributed by atoms with Gasteiger partial charge in [0, 0.05) is 5.39 Å². The molecule has 0 radical (unpaired) electrons. The van der Waals surface area contributed by atoms with Crippen LogP contribution in [0.4, 0.5) is 8.78 Å². The van der Waals surface area contributed by atoms with Gasteiger partial charge >= 0.3 is 0 Å². The van der Waals surface area contributed by atoms with Gasteiger partial charge in [0.15, 0.2) is 11.5 Å². The zero-order valence-electron chi connectivity index (χ0n) is 16.2. The van der Waals surface area contributed by atoms with Crippen LogP contribution in [0.1, 0.15) is 36.8 Å². The summed E-state index contributed by atoms with van der Waals surface area (Å²) in [7, 11) is 0. The number of hydrogen-bond acceptors (Lipinski definition) is 2. The molecular formula is C23H24F2N2O. The molecule has 0 saturated heterocycles. The van der Waals surface area contributed by atoms with Gasteiger partial charge in [-0.15, -0.1) is 0 Å². The highest BCUT2D eigenvalue weighted by Crippen LogP contribution is 2.26. The molecule has 0 spiro atoms. The second-order valence-corrected chi connectivity index (χ2v) is 7.69. The van der Waals surface area contributed by atoms with Crippen LogP contribution in [-0.2, 0) is 6.42 Å². The molecule has 5 heteroatoms. The lowest BCUT2D eigenvalue weighted by Gasteiger charge is -2.36. The van der Waals surface area contributed by atoms with Gasteiger partial charge in [0.2, 0.25) is 0 Å². The molecule has 0 saturated carbocycles. The van der Waals surface area contributed by atoms with E-state index in [0.29, 0.717) is 10.9 Å². The number of halogens is 2. The number of pyridine rings is 1. The number of benzene rings is 2. The number of carbonyl (C=O) groups excluding carboxylic acids is 1. The van der Waals surface area contributed by atoms with Crippen LogP contribution in [-0.4, -0.2) is 22.6 Å². The Hall–Kier alpha value is -2.82. The molecule has 0 bridgehead atoms. The molecule has 1 amide bonds. The number of carbonyl (C=O) groups is 1. The first-order chi connectivity index (χ1) is 13.3. The molecule has 1 aromatic heterocycles. The second-order valence-electron chi connectivity index (χ2n) is 7.69. The Labute approximate surface area is 163 Å². The maximum Gasteiger partial charge on any atom is 0.273 e. The van der Waals surface area contributed by atoms with Crippen molar-refractivity contribution >= 4 is 16.8 Å². The molecule has 0 aliphatic heterocycles. The fourth-order valence-corrected chi connectivity index (χ4v) is 3.53. The van der Waals surface area contributed by atoms with Crippen molar-refractivity contribution in [2.75, 3.05) is 0 Å². The summed E-state index contributed by atoms with van der Waals surface area (Å²) < 4.78 is 29.7. The summed E-state index contributed by atoms with van der Waals surface area (Å²) >= 11 is 0. The average molecular weight is 382 g/mol. The van der Waals surface area contributed by atoms with Crippen LogP contribution in [0.5, 0.6) is 0 Å². The van der Waals surface area contributed by atoms with Gasteiger partial charge in [-0.1, -0.05) is 62.4 Å². The Morgan fingerprint density at radius 1 is 1.11 bits per heavy atom. The maximum absolute atomic E-state index is 15.2. The third-order valence-corrected chi connectivity index (χ3v) is 4.90. The zero-order chi connectivity index (χ0) is 20.3. The van der Waals surface area contributed by atoms with Crippen molar-refractivity contribution < 1.29 is 13.6 Å². The van der Waals surface area contributed by atoms with Crippen molar-refractivity contribution in [3.8, 4) is 0 Å². The molecule has 2 unspecified atom stereocenters. The van der Waals surface area contributed by atoms with E-state index in [1.165, 1.54) is 6.07 Å². The molecule has 1 heterocycles. The van der Waals surface area contributed by atoms with E-state index in [4.69, 9.17) is 0 Å². The van der Waals surface area contributed by atoms with Gasteiger partial charge in [-0.3, -0.25) is 4.79 Å². The highest BCUT2D eigenvalue weighted by atomic mass is 19.1. The number of hydrogen-bond donors (Lipinski definition) is 1. The van der Waals surface area contributed by atoms with Crippen LogP contribution in [0, 0.1) is 11.7 Å². The molecule has 2 aromatic carbocycles. The largest absolute Gasteiger partial charge is 0.342 e. The van der Waals surface area contributed by atoms with Gasteiger partial charge in [0.1, 0.15) is 6.17 Å². The second kappa shape index (κ2) is 8.05. The van der Waals surface area contributed by atoms with Crippen molar-refractivity contribution in [1.29, 1.82) is 0 Å². The van der Waals surface area contributed by atoms with E-state index < -0.39 is 23.4 Å². The van der Waals surface area contributed by atoms with E-state index in [2.05, 4.69) is 10.3 Å². The summed E-state index contributed by atoms with van der Waals surface area (Å²) in [5.41, 5.74) is -0.124. The average Bonchev–Trinajstić information content (AvgIpc) is 2.67. The fraction of sp³-hybridized carbons (Fsp3) is 0.304. The molecule has 2 atom stereocenters. The summed E-state index contributed by atoms with van der Waals surface area (Å²) in [4.78, 5) is 17.0. The van der Waals surface area contributed by atoms with Gasteiger partial charge in [-0.25, -0.2) is 13.8 Å². The van der Waals surface area contributed by atoms with Crippen molar-refractivity contribution in [2.24, 2.45) is 5.92 Å². The number of nitrogens with one attached hydrogen (secondary N) is 1. The highest BCUT2D eigenvalue weighted by Gasteiger charge is 2.39. The first kappa shape index (κ1) is 19.9. The number of amides is 1. The van der Waals surface area contributed by atoms with E-state index in [9.17, 15) is 9.18 Å². The van der Waals surface area contributed by atoms with E-state index in [-0.39, 0.29) is 18.0 Å². The van der Waals surface area contributed by atoms with Crippen LogP contribution in [0.25, 0.3) is 10.9 Å². The Kier molecular flexibility index (Phi) is 5.73. The van der Waals surface area contributed by atoms with E-state index in [1.807, 2.05) is 30.3 Å². The molecule has 0 aliphatic carbocycles. The van der Waals surface area contributed by atoms with Gasteiger partial charge < -0.3 is 5.32 Å². The quantitative estimate of drug-likeness (QED) is 0.644. The molecule has 146 valence electrons. The monoisotopic (exact) mass is 382 g/mol. The van der Waals surface area contributed by atoms with Gasteiger partial charge in [0.05, 0.1) is 11.1 Å². The SMILES string of the molecule is CC(C)C(F)C(C)(Cc1ccccc1)NC(=O)c1nc2ccccc2cc1F. The molecule has 0 aliphatic rings. The molecule has 3 nitrogen and oxygen atoms in total. The number of rotatable bonds is 6. The highest BCUT2D eigenvalue weighted by molar-refractivity contribution is 5.95. The van der Waals surface area contributed by atoms with Gasteiger partial charge in [0.25, 0.3) is 5.91 Å². The van der Waals surface area contributed by atoms with Crippen molar-refractivity contribution in [2.45, 2.75) is 38.9 Å². The lowest BCUT2D eigenvalue weighted by Crippen LogP contribution is -2.56. The van der Waals surface area contributed by atoms with Crippen molar-refractivity contribution in [1.82, 2.24) is 10.3 Å². The summed E-state index contributed by atoms with van der Waals surface area (Å²) in [5.74, 6) is -1.76. The van der Waals surface area contributed by atoms with E-state index >= 15 is 4.39 Å². The molecule has 0 fully saturated rings. The lowest BCUT2D eigenvalue weighted by atomic mass is 9.83.